The highest BCUT2D eigenvalue weighted by Gasteiger charge is 2.27. The van der Waals surface area contributed by atoms with E-state index in [1.807, 2.05) is 19.1 Å². The second-order valence-electron chi connectivity index (χ2n) is 9.24. The van der Waals surface area contributed by atoms with E-state index in [0.29, 0.717) is 24.3 Å². The number of rotatable bonds is 6. The lowest BCUT2D eigenvalue weighted by molar-refractivity contribution is 0.0697. The van der Waals surface area contributed by atoms with Gasteiger partial charge < -0.3 is 14.9 Å². The summed E-state index contributed by atoms with van der Waals surface area (Å²) in [6.45, 7) is 9.96. The number of nitrogens with one attached hydrogen (secondary N) is 1. The van der Waals surface area contributed by atoms with Gasteiger partial charge in [0.2, 0.25) is 0 Å². The predicted molar refractivity (Wildman–Crippen MR) is 140 cm³/mol. The average Bonchev–Trinajstić information content (AvgIpc) is 2.78. The SMILES string of the molecule is Cc1cccc(N2CCN(c3ccc(C(=O)O)cc3NS(=O)(=O)c3ccc(C)cc3C)C[C@@H]2C)c1. The van der Waals surface area contributed by atoms with Gasteiger partial charge in [-0.05, 0) is 75.2 Å². The van der Waals surface area contributed by atoms with Crippen LogP contribution < -0.4 is 14.5 Å². The molecular formula is C27H31N3O4S. The normalized spacial score (nSPS) is 16.3. The smallest absolute Gasteiger partial charge is 0.335 e. The van der Waals surface area contributed by atoms with Crippen molar-refractivity contribution in [3.63, 3.8) is 0 Å². The monoisotopic (exact) mass is 493 g/mol. The zero-order chi connectivity index (χ0) is 25.3. The van der Waals surface area contributed by atoms with Crippen molar-refractivity contribution < 1.29 is 18.3 Å². The highest BCUT2D eigenvalue weighted by Crippen LogP contribution is 2.33. The van der Waals surface area contributed by atoms with Gasteiger partial charge >= 0.3 is 5.97 Å². The predicted octanol–water partition coefficient (Wildman–Crippen LogP) is 4.83. The van der Waals surface area contributed by atoms with Crippen LogP contribution in [0.3, 0.4) is 0 Å². The summed E-state index contributed by atoms with van der Waals surface area (Å²) in [6.07, 6.45) is 0. The first-order valence-electron chi connectivity index (χ1n) is 11.6. The van der Waals surface area contributed by atoms with E-state index >= 15 is 0 Å². The topological polar surface area (TPSA) is 89.9 Å². The fourth-order valence-corrected chi connectivity index (χ4v) is 5.99. The molecule has 0 saturated carbocycles. The summed E-state index contributed by atoms with van der Waals surface area (Å²) in [6, 6.07) is 18.3. The number of benzene rings is 3. The molecule has 0 bridgehead atoms. The number of aryl methyl sites for hydroxylation is 3. The summed E-state index contributed by atoms with van der Waals surface area (Å²) < 4.78 is 29.3. The summed E-state index contributed by atoms with van der Waals surface area (Å²) in [5.74, 6) is -1.11. The number of sulfonamides is 1. The summed E-state index contributed by atoms with van der Waals surface area (Å²) in [7, 11) is -3.92. The number of hydrogen-bond acceptors (Lipinski definition) is 5. The maximum atomic E-state index is 13.3. The van der Waals surface area contributed by atoms with E-state index in [4.69, 9.17) is 0 Å². The van der Waals surface area contributed by atoms with Crippen LogP contribution in [0.25, 0.3) is 0 Å². The largest absolute Gasteiger partial charge is 0.478 e. The summed E-state index contributed by atoms with van der Waals surface area (Å²) in [4.78, 5) is 16.3. The molecular weight excluding hydrogens is 462 g/mol. The highest BCUT2D eigenvalue weighted by molar-refractivity contribution is 7.92. The molecule has 0 amide bonds. The molecule has 8 heteroatoms. The first-order valence-corrected chi connectivity index (χ1v) is 13.1. The lowest BCUT2D eigenvalue weighted by atomic mass is 10.1. The fourth-order valence-electron chi connectivity index (χ4n) is 4.69. The van der Waals surface area contributed by atoms with E-state index in [1.54, 1.807) is 25.1 Å². The molecule has 0 spiro atoms. The molecule has 7 nitrogen and oxygen atoms in total. The molecule has 1 atom stereocenters. The minimum Gasteiger partial charge on any atom is -0.478 e. The Morgan fingerprint density at radius 1 is 0.971 bits per heavy atom. The Morgan fingerprint density at radius 3 is 2.37 bits per heavy atom. The van der Waals surface area contributed by atoms with Crippen LogP contribution >= 0.6 is 0 Å². The third kappa shape index (κ3) is 5.27. The first-order chi connectivity index (χ1) is 16.5. The molecule has 0 radical (unpaired) electrons. The van der Waals surface area contributed by atoms with E-state index in [-0.39, 0.29) is 22.2 Å². The van der Waals surface area contributed by atoms with Crippen molar-refractivity contribution in [1.82, 2.24) is 0 Å². The molecule has 35 heavy (non-hydrogen) atoms. The van der Waals surface area contributed by atoms with Crippen LogP contribution in [0.4, 0.5) is 17.1 Å². The third-order valence-electron chi connectivity index (χ3n) is 6.41. The van der Waals surface area contributed by atoms with Gasteiger partial charge in [0.05, 0.1) is 21.8 Å². The summed E-state index contributed by atoms with van der Waals surface area (Å²) in [5.41, 5.74) is 4.92. The van der Waals surface area contributed by atoms with Crippen LogP contribution in [0.5, 0.6) is 0 Å². The molecule has 184 valence electrons. The molecule has 3 aromatic carbocycles. The van der Waals surface area contributed by atoms with E-state index in [1.165, 1.54) is 17.7 Å². The van der Waals surface area contributed by atoms with Gasteiger partial charge in [0, 0.05) is 31.4 Å². The van der Waals surface area contributed by atoms with E-state index in [2.05, 4.69) is 46.6 Å². The minimum absolute atomic E-state index is 0.0264. The number of aromatic carboxylic acids is 1. The number of carboxylic acid groups (broad SMARTS) is 1. The molecule has 1 fully saturated rings. The quantitative estimate of drug-likeness (QED) is 0.511. The molecule has 4 rings (SSSR count). The van der Waals surface area contributed by atoms with E-state index in [9.17, 15) is 18.3 Å². The van der Waals surface area contributed by atoms with Gasteiger partial charge in [0.25, 0.3) is 10.0 Å². The third-order valence-corrected chi connectivity index (χ3v) is 7.93. The first kappa shape index (κ1) is 24.6. The van der Waals surface area contributed by atoms with Crippen LogP contribution in [0.2, 0.25) is 0 Å². The summed E-state index contributed by atoms with van der Waals surface area (Å²) >= 11 is 0. The molecule has 1 saturated heterocycles. The van der Waals surface area contributed by atoms with Gasteiger partial charge in [0.15, 0.2) is 0 Å². The standard InChI is InChI=1S/C27H31N3O4S/c1-18-6-5-7-23(15-18)30-13-12-29(17-21(30)4)25-10-9-22(27(31)32)16-24(25)28-35(33,34)26-11-8-19(2)14-20(26)3/h5-11,14-16,21,28H,12-13,17H2,1-4H3,(H,31,32)/t21-/m0/s1. The number of carbonyl (C=O) groups is 1. The van der Waals surface area contributed by atoms with Crippen molar-refractivity contribution in [1.29, 1.82) is 0 Å². The lowest BCUT2D eigenvalue weighted by Crippen LogP contribution is -2.52. The molecule has 1 aliphatic heterocycles. The Bertz CT molecular complexity index is 1370. The van der Waals surface area contributed by atoms with Crippen LogP contribution in [-0.2, 0) is 10.0 Å². The molecule has 0 aromatic heterocycles. The number of carboxylic acids is 1. The van der Waals surface area contributed by atoms with Crippen molar-refractivity contribution in [3.8, 4) is 0 Å². The van der Waals surface area contributed by atoms with Gasteiger partial charge in [-0.1, -0.05) is 29.8 Å². The number of piperazine rings is 1. The second-order valence-corrected chi connectivity index (χ2v) is 10.9. The van der Waals surface area contributed by atoms with Gasteiger partial charge in [-0.15, -0.1) is 0 Å². The Labute approximate surface area is 207 Å². The zero-order valence-electron chi connectivity index (χ0n) is 20.4. The second kappa shape index (κ2) is 9.62. The van der Waals surface area contributed by atoms with Crippen LogP contribution in [0, 0.1) is 20.8 Å². The number of nitrogens with zero attached hydrogens (tertiary/aromatic N) is 2. The molecule has 1 aliphatic rings. The Hall–Kier alpha value is -3.52. The number of hydrogen-bond donors (Lipinski definition) is 2. The van der Waals surface area contributed by atoms with Crippen LogP contribution in [-0.4, -0.2) is 45.2 Å². The van der Waals surface area contributed by atoms with Crippen LogP contribution in [0.15, 0.2) is 65.6 Å². The van der Waals surface area contributed by atoms with Gasteiger partial charge in [-0.25, -0.2) is 13.2 Å². The Balaban J connectivity index is 1.65. The maximum Gasteiger partial charge on any atom is 0.335 e. The zero-order valence-corrected chi connectivity index (χ0v) is 21.3. The van der Waals surface area contributed by atoms with E-state index < -0.39 is 16.0 Å². The molecule has 0 aliphatic carbocycles. The van der Waals surface area contributed by atoms with Crippen molar-refractivity contribution in [3.05, 3.63) is 82.9 Å². The molecule has 2 N–H and O–H groups in total. The highest BCUT2D eigenvalue weighted by atomic mass is 32.2. The van der Waals surface area contributed by atoms with Crippen molar-refractivity contribution in [2.24, 2.45) is 0 Å². The lowest BCUT2D eigenvalue weighted by Gasteiger charge is -2.43. The average molecular weight is 494 g/mol. The van der Waals surface area contributed by atoms with Gasteiger partial charge in [0.1, 0.15) is 0 Å². The van der Waals surface area contributed by atoms with E-state index in [0.717, 1.165) is 17.8 Å². The maximum absolute atomic E-state index is 13.3. The van der Waals surface area contributed by atoms with Crippen molar-refractivity contribution in [2.75, 3.05) is 34.2 Å². The van der Waals surface area contributed by atoms with Crippen molar-refractivity contribution >= 4 is 33.1 Å². The summed E-state index contributed by atoms with van der Waals surface area (Å²) in [5, 5.41) is 9.53. The fraction of sp³-hybridized carbons (Fsp3) is 0.296. The van der Waals surface area contributed by atoms with Gasteiger partial charge in [-0.2, -0.15) is 0 Å². The molecule has 3 aromatic rings. The van der Waals surface area contributed by atoms with Gasteiger partial charge in [-0.3, -0.25) is 4.72 Å². The molecule has 1 heterocycles. The Morgan fingerprint density at radius 2 is 1.71 bits per heavy atom. The number of anilines is 3. The van der Waals surface area contributed by atoms with Crippen molar-refractivity contribution in [2.45, 2.75) is 38.6 Å². The Kier molecular flexibility index (Phi) is 6.76. The minimum atomic E-state index is -3.92. The van der Waals surface area contributed by atoms with Crippen LogP contribution in [0.1, 0.15) is 34.0 Å². The molecule has 0 unspecified atom stereocenters.